The highest BCUT2D eigenvalue weighted by Crippen LogP contribution is 2.35. The number of nitrogens with one attached hydrogen (secondary N) is 1. The Hall–Kier alpha value is -0.0800. The van der Waals surface area contributed by atoms with Crippen molar-refractivity contribution in [1.82, 2.24) is 10.2 Å². The van der Waals surface area contributed by atoms with E-state index in [1.807, 2.05) is 0 Å². The topological polar surface area (TPSA) is 15.3 Å². The normalized spacial score (nSPS) is 28.5. The molecule has 2 saturated carbocycles. The van der Waals surface area contributed by atoms with Crippen LogP contribution in [0.1, 0.15) is 65.7 Å². The van der Waals surface area contributed by atoms with Crippen LogP contribution in [0.2, 0.25) is 0 Å². The Kier molecular flexibility index (Phi) is 5.50. The summed E-state index contributed by atoms with van der Waals surface area (Å²) in [7, 11) is 0. The average Bonchev–Trinajstić information content (AvgIpc) is 3.06. The fourth-order valence-electron chi connectivity index (χ4n) is 3.34. The Labute approximate surface area is 114 Å². The Morgan fingerprint density at radius 1 is 1.17 bits per heavy atom. The van der Waals surface area contributed by atoms with E-state index in [4.69, 9.17) is 0 Å². The number of nitrogens with zero attached hydrogens (tertiary/aromatic N) is 1. The highest BCUT2D eigenvalue weighted by molar-refractivity contribution is 4.96. The second-order valence-corrected chi connectivity index (χ2v) is 6.71. The lowest BCUT2D eigenvalue weighted by atomic mass is 10.1. The van der Waals surface area contributed by atoms with E-state index >= 15 is 0 Å². The van der Waals surface area contributed by atoms with Crippen molar-refractivity contribution < 1.29 is 0 Å². The fraction of sp³-hybridized carbons (Fsp3) is 1.00. The molecule has 2 unspecified atom stereocenters. The van der Waals surface area contributed by atoms with Crippen molar-refractivity contribution in [3.63, 3.8) is 0 Å². The minimum absolute atomic E-state index is 0.776. The molecular formula is C16H32N2. The van der Waals surface area contributed by atoms with Gasteiger partial charge in [-0.2, -0.15) is 0 Å². The van der Waals surface area contributed by atoms with Crippen LogP contribution < -0.4 is 5.32 Å². The molecule has 1 N–H and O–H groups in total. The first-order valence-corrected chi connectivity index (χ1v) is 8.21. The Morgan fingerprint density at radius 3 is 2.56 bits per heavy atom. The smallest absolute Gasteiger partial charge is 0.0252 e. The quantitative estimate of drug-likeness (QED) is 0.712. The summed E-state index contributed by atoms with van der Waals surface area (Å²) in [6, 6.07) is 2.54. The van der Waals surface area contributed by atoms with Crippen molar-refractivity contribution >= 4 is 0 Å². The van der Waals surface area contributed by atoms with Crippen LogP contribution in [0.25, 0.3) is 0 Å². The number of hydrogen-bond acceptors (Lipinski definition) is 2. The number of rotatable bonds is 8. The van der Waals surface area contributed by atoms with E-state index in [2.05, 4.69) is 31.0 Å². The molecule has 0 radical (unpaired) electrons. The Morgan fingerprint density at radius 2 is 1.94 bits per heavy atom. The zero-order valence-electron chi connectivity index (χ0n) is 12.6. The second-order valence-electron chi connectivity index (χ2n) is 6.71. The van der Waals surface area contributed by atoms with Crippen LogP contribution in [0.5, 0.6) is 0 Å². The third-order valence-corrected chi connectivity index (χ3v) is 4.54. The van der Waals surface area contributed by atoms with E-state index in [9.17, 15) is 0 Å². The zero-order valence-corrected chi connectivity index (χ0v) is 12.6. The summed E-state index contributed by atoms with van der Waals surface area (Å²) in [6.45, 7) is 9.51. The van der Waals surface area contributed by atoms with Crippen molar-refractivity contribution in [2.24, 2.45) is 5.92 Å². The minimum atomic E-state index is 0.776. The first-order valence-electron chi connectivity index (χ1n) is 8.21. The van der Waals surface area contributed by atoms with Gasteiger partial charge in [-0.15, -0.1) is 0 Å². The van der Waals surface area contributed by atoms with Gasteiger partial charge in [0, 0.05) is 18.1 Å². The van der Waals surface area contributed by atoms with Gasteiger partial charge >= 0.3 is 0 Å². The predicted molar refractivity (Wildman–Crippen MR) is 78.9 cm³/mol. The van der Waals surface area contributed by atoms with Gasteiger partial charge in [0.15, 0.2) is 0 Å². The third-order valence-electron chi connectivity index (χ3n) is 4.54. The van der Waals surface area contributed by atoms with Crippen molar-refractivity contribution in [3.8, 4) is 0 Å². The van der Waals surface area contributed by atoms with Gasteiger partial charge < -0.3 is 5.32 Å². The molecule has 18 heavy (non-hydrogen) atoms. The molecule has 0 aromatic rings. The Balaban J connectivity index is 1.87. The van der Waals surface area contributed by atoms with Crippen LogP contribution in [0.3, 0.4) is 0 Å². The summed E-state index contributed by atoms with van der Waals surface area (Å²) in [6.07, 6.45) is 9.79. The predicted octanol–water partition coefficient (Wildman–Crippen LogP) is 3.42. The summed E-state index contributed by atoms with van der Waals surface area (Å²) in [5.41, 5.74) is 0. The van der Waals surface area contributed by atoms with Gasteiger partial charge in [-0.3, -0.25) is 4.90 Å². The van der Waals surface area contributed by atoms with E-state index < -0.39 is 0 Å². The van der Waals surface area contributed by atoms with Crippen LogP contribution in [-0.2, 0) is 0 Å². The van der Waals surface area contributed by atoms with Gasteiger partial charge in [0.1, 0.15) is 0 Å². The molecule has 0 saturated heterocycles. The highest BCUT2D eigenvalue weighted by atomic mass is 15.2. The van der Waals surface area contributed by atoms with Crippen molar-refractivity contribution in [3.05, 3.63) is 0 Å². The number of hydrogen-bond donors (Lipinski definition) is 1. The molecule has 0 amide bonds. The van der Waals surface area contributed by atoms with Gasteiger partial charge in [-0.1, -0.05) is 27.2 Å². The molecule has 0 aromatic carbocycles. The van der Waals surface area contributed by atoms with Crippen LogP contribution in [0.4, 0.5) is 0 Å². The van der Waals surface area contributed by atoms with Crippen molar-refractivity contribution in [1.29, 1.82) is 0 Å². The summed E-state index contributed by atoms with van der Waals surface area (Å²) >= 11 is 0. The SMILES string of the molecule is CCCNC1CCCC1N(CCC(C)C)C1CC1. The largest absolute Gasteiger partial charge is 0.312 e. The fourth-order valence-corrected chi connectivity index (χ4v) is 3.34. The maximum absolute atomic E-state index is 3.79. The second kappa shape index (κ2) is 6.91. The zero-order chi connectivity index (χ0) is 13.0. The average molecular weight is 252 g/mol. The summed E-state index contributed by atoms with van der Waals surface area (Å²) in [5.74, 6) is 0.842. The van der Waals surface area contributed by atoms with Gasteiger partial charge in [-0.05, 0) is 57.5 Å². The molecule has 0 heterocycles. The summed E-state index contributed by atoms with van der Waals surface area (Å²) in [5, 5.41) is 3.79. The maximum Gasteiger partial charge on any atom is 0.0252 e. The molecule has 2 nitrogen and oxygen atoms in total. The minimum Gasteiger partial charge on any atom is -0.312 e. The lowest BCUT2D eigenvalue weighted by Gasteiger charge is -2.34. The van der Waals surface area contributed by atoms with Crippen LogP contribution in [0.15, 0.2) is 0 Å². The molecule has 0 spiro atoms. The molecule has 2 atom stereocenters. The molecule has 0 aromatic heterocycles. The standard InChI is InChI=1S/C16H32N2/c1-4-11-17-15-6-5-7-16(15)18(14-8-9-14)12-10-13(2)3/h13-17H,4-12H2,1-3H3. The molecule has 0 bridgehead atoms. The van der Waals surface area contributed by atoms with Crippen LogP contribution >= 0.6 is 0 Å². The lowest BCUT2D eigenvalue weighted by Crippen LogP contribution is -2.48. The van der Waals surface area contributed by atoms with Gasteiger partial charge in [-0.25, -0.2) is 0 Å². The van der Waals surface area contributed by atoms with Crippen LogP contribution in [-0.4, -0.2) is 36.1 Å². The molecule has 2 heteroatoms. The molecule has 0 aliphatic heterocycles. The monoisotopic (exact) mass is 252 g/mol. The summed E-state index contributed by atoms with van der Waals surface area (Å²) < 4.78 is 0. The van der Waals surface area contributed by atoms with Crippen molar-refractivity contribution in [2.75, 3.05) is 13.1 Å². The molecule has 2 aliphatic rings. The summed E-state index contributed by atoms with van der Waals surface area (Å²) in [4.78, 5) is 2.86. The molecule has 2 rings (SSSR count). The van der Waals surface area contributed by atoms with E-state index in [1.54, 1.807) is 0 Å². The van der Waals surface area contributed by atoms with Crippen molar-refractivity contribution in [2.45, 2.75) is 83.8 Å². The van der Waals surface area contributed by atoms with E-state index in [-0.39, 0.29) is 0 Å². The third kappa shape index (κ3) is 3.96. The van der Waals surface area contributed by atoms with Gasteiger partial charge in [0.25, 0.3) is 0 Å². The van der Waals surface area contributed by atoms with Crippen LogP contribution in [0, 0.1) is 5.92 Å². The molecule has 2 fully saturated rings. The molecule has 106 valence electrons. The molecule has 2 aliphatic carbocycles. The Bertz CT molecular complexity index is 235. The van der Waals surface area contributed by atoms with E-state index in [1.165, 1.54) is 58.0 Å². The first kappa shape index (κ1) is 14.3. The molecular weight excluding hydrogens is 220 g/mol. The van der Waals surface area contributed by atoms with Gasteiger partial charge in [0.05, 0.1) is 0 Å². The van der Waals surface area contributed by atoms with Gasteiger partial charge in [0.2, 0.25) is 0 Å². The van der Waals surface area contributed by atoms with E-state index in [0.29, 0.717) is 0 Å². The highest BCUT2D eigenvalue weighted by Gasteiger charge is 2.39. The maximum atomic E-state index is 3.79. The van der Waals surface area contributed by atoms with E-state index in [0.717, 1.165) is 24.0 Å². The lowest BCUT2D eigenvalue weighted by molar-refractivity contribution is 0.154. The first-order chi connectivity index (χ1) is 8.72.